The molecule has 0 saturated heterocycles. The second kappa shape index (κ2) is 9.46. The predicted octanol–water partition coefficient (Wildman–Crippen LogP) is 3.02. The quantitative estimate of drug-likeness (QED) is 0.762. The molecular formula is C20H24N2O4. The van der Waals surface area contributed by atoms with Gasteiger partial charge in [0, 0.05) is 29.4 Å². The van der Waals surface area contributed by atoms with Crippen molar-refractivity contribution in [1.82, 2.24) is 5.32 Å². The molecule has 0 spiro atoms. The number of carbonyl (C=O) groups is 2. The van der Waals surface area contributed by atoms with Gasteiger partial charge in [-0.15, -0.1) is 0 Å². The second-order valence-corrected chi connectivity index (χ2v) is 5.74. The van der Waals surface area contributed by atoms with Crippen LogP contribution in [0, 0.1) is 0 Å². The van der Waals surface area contributed by atoms with E-state index in [0.29, 0.717) is 29.3 Å². The molecule has 0 aromatic heterocycles. The maximum atomic E-state index is 12.3. The van der Waals surface area contributed by atoms with Crippen LogP contribution < -0.4 is 20.1 Å². The summed E-state index contributed by atoms with van der Waals surface area (Å²) < 4.78 is 10.5. The molecule has 0 aliphatic rings. The highest BCUT2D eigenvalue weighted by molar-refractivity contribution is 5.96. The first-order valence-electron chi connectivity index (χ1n) is 8.46. The van der Waals surface area contributed by atoms with Crippen LogP contribution in [0.1, 0.15) is 29.3 Å². The number of hydrogen-bond acceptors (Lipinski definition) is 4. The molecule has 0 bridgehead atoms. The Kier molecular flexibility index (Phi) is 7.02. The third-order valence-electron chi connectivity index (χ3n) is 3.81. The number of anilines is 1. The maximum Gasteiger partial charge on any atom is 0.251 e. The predicted molar refractivity (Wildman–Crippen MR) is 101 cm³/mol. The number of ether oxygens (including phenoxy) is 2. The van der Waals surface area contributed by atoms with Gasteiger partial charge in [0.2, 0.25) is 5.91 Å². The molecule has 0 aliphatic carbocycles. The van der Waals surface area contributed by atoms with Gasteiger partial charge in [0.25, 0.3) is 5.91 Å². The number of carbonyl (C=O) groups excluding carboxylic acids is 2. The Hall–Kier alpha value is -3.02. The zero-order chi connectivity index (χ0) is 18.9. The van der Waals surface area contributed by atoms with Crippen LogP contribution in [-0.4, -0.2) is 32.6 Å². The van der Waals surface area contributed by atoms with Crippen molar-refractivity contribution in [3.8, 4) is 11.5 Å². The first-order valence-corrected chi connectivity index (χ1v) is 8.46. The summed E-state index contributed by atoms with van der Waals surface area (Å²) in [5, 5.41) is 5.64. The molecule has 0 aliphatic heterocycles. The number of hydrogen-bond donors (Lipinski definition) is 2. The molecule has 0 unspecified atom stereocenters. The molecule has 2 rings (SSSR count). The molecule has 138 valence electrons. The molecule has 6 heteroatoms. The molecule has 2 amide bonds. The molecule has 0 radical (unpaired) electrons. The fourth-order valence-corrected chi connectivity index (χ4v) is 2.42. The molecule has 0 fully saturated rings. The van der Waals surface area contributed by atoms with E-state index in [0.717, 1.165) is 12.0 Å². The summed E-state index contributed by atoms with van der Waals surface area (Å²) in [5.41, 5.74) is 1.96. The average Bonchev–Trinajstić information content (AvgIpc) is 2.66. The van der Waals surface area contributed by atoms with Gasteiger partial charge in [-0.2, -0.15) is 0 Å². The molecular weight excluding hydrogens is 332 g/mol. The Labute approximate surface area is 153 Å². The number of amides is 2. The van der Waals surface area contributed by atoms with E-state index in [9.17, 15) is 9.59 Å². The summed E-state index contributed by atoms with van der Waals surface area (Å²) in [6.45, 7) is 2.64. The Bertz CT molecular complexity index is 757. The van der Waals surface area contributed by atoms with Crippen molar-refractivity contribution >= 4 is 17.5 Å². The highest BCUT2D eigenvalue weighted by Crippen LogP contribution is 2.25. The normalized spacial score (nSPS) is 10.1. The number of rotatable bonds is 8. The van der Waals surface area contributed by atoms with Crippen LogP contribution in [0.4, 0.5) is 5.69 Å². The van der Waals surface area contributed by atoms with E-state index in [2.05, 4.69) is 10.6 Å². The van der Waals surface area contributed by atoms with Crippen molar-refractivity contribution in [2.24, 2.45) is 0 Å². The summed E-state index contributed by atoms with van der Waals surface area (Å²) in [5.74, 6) is 0.981. The lowest BCUT2D eigenvalue weighted by atomic mass is 10.1. The van der Waals surface area contributed by atoms with Gasteiger partial charge in [0.05, 0.1) is 20.6 Å². The smallest absolute Gasteiger partial charge is 0.251 e. The van der Waals surface area contributed by atoms with E-state index in [1.165, 1.54) is 0 Å². The third-order valence-corrected chi connectivity index (χ3v) is 3.81. The summed E-state index contributed by atoms with van der Waals surface area (Å²) >= 11 is 0. The van der Waals surface area contributed by atoms with Crippen LogP contribution in [0.2, 0.25) is 0 Å². The van der Waals surface area contributed by atoms with Gasteiger partial charge in [0.1, 0.15) is 11.5 Å². The average molecular weight is 356 g/mol. The SMILES string of the molecule is CCCNC(=O)c1ccc(NC(=O)Cc2ccc(OC)cc2OC)cc1. The maximum absolute atomic E-state index is 12.3. The van der Waals surface area contributed by atoms with Crippen molar-refractivity contribution in [2.45, 2.75) is 19.8 Å². The summed E-state index contributed by atoms with van der Waals surface area (Å²) in [6.07, 6.45) is 1.06. The van der Waals surface area contributed by atoms with E-state index in [1.807, 2.05) is 6.92 Å². The monoisotopic (exact) mass is 356 g/mol. The largest absolute Gasteiger partial charge is 0.497 e. The Balaban J connectivity index is 1.98. The zero-order valence-electron chi connectivity index (χ0n) is 15.3. The first kappa shape index (κ1) is 19.3. The van der Waals surface area contributed by atoms with Crippen molar-refractivity contribution < 1.29 is 19.1 Å². The van der Waals surface area contributed by atoms with Gasteiger partial charge in [-0.25, -0.2) is 0 Å². The van der Waals surface area contributed by atoms with Crippen molar-refractivity contribution in [2.75, 3.05) is 26.1 Å². The minimum Gasteiger partial charge on any atom is -0.497 e. The number of benzene rings is 2. The van der Waals surface area contributed by atoms with Gasteiger partial charge in [-0.05, 0) is 36.8 Å². The standard InChI is InChI=1S/C20H24N2O4/c1-4-11-21-20(24)14-5-8-16(9-6-14)22-19(23)12-15-7-10-17(25-2)13-18(15)26-3/h5-10,13H,4,11-12H2,1-3H3,(H,21,24)(H,22,23). The van der Waals surface area contributed by atoms with Crippen LogP contribution in [0.5, 0.6) is 11.5 Å². The zero-order valence-corrected chi connectivity index (χ0v) is 15.3. The van der Waals surface area contributed by atoms with Crippen LogP contribution in [-0.2, 0) is 11.2 Å². The van der Waals surface area contributed by atoms with Crippen molar-refractivity contribution in [3.63, 3.8) is 0 Å². The van der Waals surface area contributed by atoms with E-state index in [1.54, 1.807) is 56.7 Å². The number of methoxy groups -OCH3 is 2. The molecule has 0 atom stereocenters. The molecule has 6 nitrogen and oxygen atoms in total. The fourth-order valence-electron chi connectivity index (χ4n) is 2.42. The highest BCUT2D eigenvalue weighted by atomic mass is 16.5. The van der Waals surface area contributed by atoms with E-state index >= 15 is 0 Å². The first-order chi connectivity index (χ1) is 12.6. The fraction of sp³-hybridized carbons (Fsp3) is 0.300. The summed E-state index contributed by atoms with van der Waals surface area (Å²) in [4.78, 5) is 24.2. The molecule has 2 aromatic carbocycles. The van der Waals surface area contributed by atoms with Gasteiger partial charge in [-0.3, -0.25) is 9.59 Å². The second-order valence-electron chi connectivity index (χ2n) is 5.74. The molecule has 2 N–H and O–H groups in total. The molecule has 26 heavy (non-hydrogen) atoms. The highest BCUT2D eigenvalue weighted by Gasteiger charge is 2.11. The van der Waals surface area contributed by atoms with E-state index < -0.39 is 0 Å². The van der Waals surface area contributed by atoms with Gasteiger partial charge in [-0.1, -0.05) is 13.0 Å². The molecule has 2 aromatic rings. The van der Waals surface area contributed by atoms with E-state index in [-0.39, 0.29) is 18.2 Å². The Morgan fingerprint density at radius 2 is 1.73 bits per heavy atom. The Morgan fingerprint density at radius 3 is 2.35 bits per heavy atom. The topological polar surface area (TPSA) is 76.7 Å². The summed E-state index contributed by atoms with van der Waals surface area (Å²) in [6, 6.07) is 12.1. The van der Waals surface area contributed by atoms with Crippen molar-refractivity contribution in [1.29, 1.82) is 0 Å². The summed E-state index contributed by atoms with van der Waals surface area (Å²) in [7, 11) is 3.13. The van der Waals surface area contributed by atoms with Crippen LogP contribution in [0.3, 0.4) is 0 Å². The van der Waals surface area contributed by atoms with Crippen LogP contribution in [0.25, 0.3) is 0 Å². The Morgan fingerprint density at radius 1 is 1.00 bits per heavy atom. The van der Waals surface area contributed by atoms with Crippen LogP contribution in [0.15, 0.2) is 42.5 Å². The van der Waals surface area contributed by atoms with E-state index in [4.69, 9.17) is 9.47 Å². The number of nitrogens with one attached hydrogen (secondary N) is 2. The lowest BCUT2D eigenvalue weighted by molar-refractivity contribution is -0.115. The molecule has 0 saturated carbocycles. The minimum atomic E-state index is -0.170. The van der Waals surface area contributed by atoms with Gasteiger partial charge < -0.3 is 20.1 Å². The third kappa shape index (κ3) is 5.24. The van der Waals surface area contributed by atoms with Crippen molar-refractivity contribution in [3.05, 3.63) is 53.6 Å². The lowest BCUT2D eigenvalue weighted by Crippen LogP contribution is -2.23. The van der Waals surface area contributed by atoms with Gasteiger partial charge in [0.15, 0.2) is 0 Å². The minimum absolute atomic E-state index is 0.118. The van der Waals surface area contributed by atoms with Gasteiger partial charge >= 0.3 is 0 Å². The lowest BCUT2D eigenvalue weighted by Gasteiger charge is -2.11. The molecule has 0 heterocycles. The van der Waals surface area contributed by atoms with Crippen LogP contribution >= 0.6 is 0 Å².